The van der Waals surface area contributed by atoms with E-state index in [9.17, 15) is 0 Å². The highest BCUT2D eigenvalue weighted by Gasteiger charge is 1.99. The maximum absolute atomic E-state index is 5.31. The molecule has 0 N–H and O–H groups in total. The largest absolute Gasteiger partial charge is 0.497 e. The Labute approximate surface area is 155 Å². The maximum atomic E-state index is 5.31. The Morgan fingerprint density at radius 2 is 0.923 bits per heavy atom. The molecule has 3 aromatic rings. The fraction of sp³-hybridized carbons (Fsp3) is 0.0833. The molecule has 0 amide bonds. The predicted molar refractivity (Wildman–Crippen MR) is 110 cm³/mol. The molecule has 3 rings (SSSR count). The smallest absolute Gasteiger partial charge is 0.123 e. The normalized spacial score (nSPS) is 11.2. The van der Waals surface area contributed by atoms with Crippen molar-refractivity contribution < 1.29 is 9.47 Å². The molecule has 0 aromatic heterocycles. The van der Waals surface area contributed by atoms with E-state index in [0.29, 0.717) is 0 Å². The minimum absolute atomic E-state index is 0.783. The molecule has 0 spiro atoms. The highest BCUT2D eigenvalue weighted by Crippen LogP contribution is 2.24. The Kier molecular flexibility index (Phi) is 5.89. The van der Waals surface area contributed by atoms with Crippen LogP contribution in [0.1, 0.15) is 22.3 Å². The zero-order valence-electron chi connectivity index (χ0n) is 15.1. The lowest BCUT2D eigenvalue weighted by molar-refractivity contribution is 0.394. The molecule has 0 saturated heterocycles. The molecule has 130 valence electrons. The third-order valence-corrected chi connectivity index (χ3v) is 4.05. The predicted octanol–water partition coefficient (Wildman–Crippen LogP) is 6.04. The van der Waals surface area contributed by atoms with E-state index in [0.717, 1.165) is 22.6 Å². The Bertz CT molecular complexity index is 869. The van der Waals surface area contributed by atoms with Gasteiger partial charge >= 0.3 is 0 Å². The molecule has 0 aliphatic heterocycles. The van der Waals surface area contributed by atoms with Gasteiger partial charge in [0.05, 0.1) is 14.2 Å². The molecule has 0 radical (unpaired) electrons. The molecular formula is C24H22O2. The molecule has 26 heavy (non-hydrogen) atoms. The molecular weight excluding hydrogens is 320 g/mol. The quantitative estimate of drug-likeness (QED) is 0.508. The van der Waals surface area contributed by atoms with E-state index < -0.39 is 0 Å². The first-order valence-electron chi connectivity index (χ1n) is 8.51. The zero-order valence-corrected chi connectivity index (χ0v) is 15.1. The van der Waals surface area contributed by atoms with Crippen molar-refractivity contribution in [2.45, 2.75) is 0 Å². The summed E-state index contributed by atoms with van der Waals surface area (Å²) in [6.45, 7) is 0. The maximum Gasteiger partial charge on any atom is 0.123 e. The van der Waals surface area contributed by atoms with Gasteiger partial charge in [-0.15, -0.1) is 0 Å². The number of methoxy groups -OCH3 is 2. The van der Waals surface area contributed by atoms with Crippen molar-refractivity contribution in [2.24, 2.45) is 0 Å². The van der Waals surface area contributed by atoms with Crippen LogP contribution >= 0.6 is 0 Å². The van der Waals surface area contributed by atoms with E-state index in [-0.39, 0.29) is 0 Å². The van der Waals surface area contributed by atoms with Gasteiger partial charge in [0.15, 0.2) is 0 Å². The summed E-state index contributed by atoms with van der Waals surface area (Å²) in [5, 5.41) is 0. The first kappa shape index (κ1) is 17.6. The Hall–Kier alpha value is -3.26. The number of benzene rings is 3. The third-order valence-electron chi connectivity index (χ3n) is 4.05. The summed E-state index contributed by atoms with van der Waals surface area (Å²) >= 11 is 0. The van der Waals surface area contributed by atoms with Gasteiger partial charge in [-0.1, -0.05) is 78.9 Å². The molecule has 2 nitrogen and oxygen atoms in total. The van der Waals surface area contributed by atoms with Gasteiger partial charge in [0, 0.05) is 6.07 Å². The van der Waals surface area contributed by atoms with Crippen LogP contribution in [-0.2, 0) is 0 Å². The van der Waals surface area contributed by atoms with Crippen molar-refractivity contribution >= 4 is 24.3 Å². The average molecular weight is 342 g/mol. The van der Waals surface area contributed by atoms with Crippen molar-refractivity contribution in [1.82, 2.24) is 0 Å². The zero-order chi connectivity index (χ0) is 18.2. The number of hydrogen-bond donors (Lipinski definition) is 0. The molecule has 0 fully saturated rings. The summed E-state index contributed by atoms with van der Waals surface area (Å²) < 4.78 is 10.6. The second-order valence-corrected chi connectivity index (χ2v) is 5.89. The Morgan fingerprint density at radius 3 is 1.38 bits per heavy atom. The minimum atomic E-state index is 0.783. The van der Waals surface area contributed by atoms with Gasteiger partial charge in [0.2, 0.25) is 0 Å². The molecule has 3 aromatic carbocycles. The van der Waals surface area contributed by atoms with Crippen molar-refractivity contribution in [3.05, 3.63) is 95.1 Å². The SMILES string of the molecule is COc1cc(/C=C/c2ccc(/C=C/c3ccccc3)cc2)cc(OC)c1. The second-order valence-electron chi connectivity index (χ2n) is 5.89. The van der Waals surface area contributed by atoms with Crippen molar-refractivity contribution in [2.75, 3.05) is 14.2 Å². The van der Waals surface area contributed by atoms with Crippen LogP contribution in [0.2, 0.25) is 0 Å². The fourth-order valence-corrected chi connectivity index (χ4v) is 2.59. The topological polar surface area (TPSA) is 18.5 Å². The lowest BCUT2D eigenvalue weighted by Crippen LogP contribution is -1.88. The molecule has 0 unspecified atom stereocenters. The van der Waals surface area contributed by atoms with E-state index in [4.69, 9.17) is 9.47 Å². The van der Waals surface area contributed by atoms with E-state index in [1.165, 1.54) is 11.1 Å². The van der Waals surface area contributed by atoms with Gasteiger partial charge in [0.1, 0.15) is 11.5 Å². The average Bonchev–Trinajstić information content (AvgIpc) is 2.72. The van der Waals surface area contributed by atoms with E-state index in [2.05, 4.69) is 60.7 Å². The first-order chi connectivity index (χ1) is 12.8. The highest BCUT2D eigenvalue weighted by atomic mass is 16.5. The molecule has 2 heteroatoms. The van der Waals surface area contributed by atoms with Gasteiger partial charge in [-0.2, -0.15) is 0 Å². The van der Waals surface area contributed by atoms with Gasteiger partial charge < -0.3 is 9.47 Å². The lowest BCUT2D eigenvalue weighted by Gasteiger charge is -2.05. The van der Waals surface area contributed by atoms with Crippen LogP contribution in [0.5, 0.6) is 11.5 Å². The molecule has 0 bridgehead atoms. The second kappa shape index (κ2) is 8.72. The fourth-order valence-electron chi connectivity index (χ4n) is 2.59. The summed E-state index contributed by atoms with van der Waals surface area (Å²) in [5.74, 6) is 1.57. The minimum Gasteiger partial charge on any atom is -0.497 e. The standard InChI is InChI=1S/C24H22O2/c1-25-23-16-22(17-24(18-23)26-2)15-14-21-12-10-20(11-13-21)9-8-19-6-4-3-5-7-19/h3-18H,1-2H3/b9-8+,15-14+. The van der Waals surface area contributed by atoms with E-state index >= 15 is 0 Å². The molecule has 0 saturated carbocycles. The van der Waals surface area contributed by atoms with Crippen molar-refractivity contribution in [1.29, 1.82) is 0 Å². The summed E-state index contributed by atoms with van der Waals surface area (Å²) in [5.41, 5.74) is 4.55. The van der Waals surface area contributed by atoms with Crippen LogP contribution in [0.4, 0.5) is 0 Å². The van der Waals surface area contributed by atoms with Crippen molar-refractivity contribution in [3.63, 3.8) is 0 Å². The monoisotopic (exact) mass is 342 g/mol. The lowest BCUT2D eigenvalue weighted by atomic mass is 10.1. The summed E-state index contributed by atoms with van der Waals surface area (Å²) in [6.07, 6.45) is 8.38. The van der Waals surface area contributed by atoms with Crippen molar-refractivity contribution in [3.8, 4) is 11.5 Å². The van der Waals surface area contributed by atoms with Gasteiger partial charge in [-0.05, 0) is 34.4 Å². The van der Waals surface area contributed by atoms with Crippen LogP contribution in [0.3, 0.4) is 0 Å². The Balaban J connectivity index is 1.71. The van der Waals surface area contributed by atoms with Crippen LogP contribution < -0.4 is 9.47 Å². The van der Waals surface area contributed by atoms with Gasteiger partial charge in [0.25, 0.3) is 0 Å². The molecule has 0 heterocycles. The number of rotatable bonds is 6. The Morgan fingerprint density at radius 1 is 0.500 bits per heavy atom. The number of ether oxygens (including phenoxy) is 2. The summed E-state index contributed by atoms with van der Waals surface area (Å²) in [6, 6.07) is 24.6. The highest BCUT2D eigenvalue weighted by molar-refractivity contribution is 5.73. The van der Waals surface area contributed by atoms with Gasteiger partial charge in [-0.25, -0.2) is 0 Å². The van der Waals surface area contributed by atoms with Crippen LogP contribution in [0.25, 0.3) is 24.3 Å². The summed E-state index contributed by atoms with van der Waals surface area (Å²) in [7, 11) is 3.31. The van der Waals surface area contributed by atoms with E-state index in [1.54, 1.807) is 14.2 Å². The van der Waals surface area contributed by atoms with Gasteiger partial charge in [-0.3, -0.25) is 0 Å². The number of hydrogen-bond acceptors (Lipinski definition) is 2. The molecule has 0 aliphatic rings. The molecule has 0 atom stereocenters. The summed E-state index contributed by atoms with van der Waals surface area (Å²) in [4.78, 5) is 0. The third kappa shape index (κ3) is 4.87. The van der Waals surface area contributed by atoms with Crippen LogP contribution in [-0.4, -0.2) is 14.2 Å². The van der Waals surface area contributed by atoms with Crippen LogP contribution in [0, 0.1) is 0 Å². The molecule has 0 aliphatic carbocycles. The first-order valence-corrected chi connectivity index (χ1v) is 8.51. The van der Waals surface area contributed by atoms with E-state index in [1.807, 2.05) is 36.4 Å². The van der Waals surface area contributed by atoms with Crippen LogP contribution in [0.15, 0.2) is 72.8 Å².